The van der Waals surface area contributed by atoms with E-state index in [1.165, 1.54) is 48.5 Å². The predicted octanol–water partition coefficient (Wildman–Crippen LogP) is 1.11. The monoisotopic (exact) mass is 502 g/mol. The summed E-state index contributed by atoms with van der Waals surface area (Å²) in [5.41, 5.74) is 6.13. The molecule has 0 heterocycles. The molecule has 2 aromatic carbocycles. The number of halogens is 1. The molecule has 2 aromatic rings. The summed E-state index contributed by atoms with van der Waals surface area (Å²) in [5, 5.41) is 19.7. The molecule has 0 atom stereocenters. The topological polar surface area (TPSA) is 189 Å². The summed E-state index contributed by atoms with van der Waals surface area (Å²) < 4.78 is 51.9. The van der Waals surface area contributed by atoms with Crippen molar-refractivity contribution in [2.75, 3.05) is 13.2 Å². The van der Waals surface area contributed by atoms with E-state index in [0.29, 0.717) is 11.1 Å². The number of oxime groups is 1. The molecule has 0 saturated heterocycles. The van der Waals surface area contributed by atoms with Crippen LogP contribution in [0.5, 0.6) is 0 Å². The zero-order valence-corrected chi connectivity index (χ0v) is 19.0. The van der Waals surface area contributed by atoms with Crippen LogP contribution in [0.2, 0.25) is 0 Å². The number of nitrogens with two attached hydrogens (primary N) is 1. The van der Waals surface area contributed by atoms with Crippen LogP contribution in [-0.4, -0.2) is 47.0 Å². The van der Waals surface area contributed by atoms with E-state index in [2.05, 4.69) is 14.6 Å². The van der Waals surface area contributed by atoms with Crippen molar-refractivity contribution in [2.45, 2.75) is 16.7 Å². The van der Waals surface area contributed by atoms with E-state index in [-0.39, 0.29) is 22.2 Å². The number of ether oxygens (including phenoxy) is 1. The van der Waals surface area contributed by atoms with E-state index in [4.69, 9.17) is 26.9 Å². The van der Waals surface area contributed by atoms with Crippen molar-refractivity contribution >= 4 is 41.6 Å². The molecule has 0 aliphatic carbocycles. The van der Waals surface area contributed by atoms with E-state index in [1.54, 1.807) is 6.92 Å². The molecule has 0 aliphatic heterocycles. The predicted molar refractivity (Wildman–Crippen MR) is 115 cm³/mol. The van der Waals surface area contributed by atoms with Crippen LogP contribution in [0.25, 0.3) is 0 Å². The zero-order valence-electron chi connectivity index (χ0n) is 16.6. The molecule has 0 aromatic heterocycles. The fraction of sp³-hybridized carbons (Fsp3) is 0.167. The van der Waals surface area contributed by atoms with Gasteiger partial charge in [0.05, 0.1) is 28.0 Å². The number of nitrogens with zero attached hydrogens (tertiary/aromatic N) is 2. The quantitative estimate of drug-likeness (QED) is 0.124. The second kappa shape index (κ2) is 12.0. The standard InChI is InChI=1S/C11H15N3O5S.C7H4ClNO2S/c1-2-19-10(15)7-13-20(17,18)9-5-3-8(4-6-9)11(12)14-16;8-12(10,11)7-3-1-6(5-9)2-4-7/h3-6,13,16H,2,7H2,1H3,(H2,12,14);1-4H. The zero-order chi connectivity index (χ0) is 24.4. The highest BCUT2D eigenvalue weighted by Gasteiger charge is 2.16. The van der Waals surface area contributed by atoms with Gasteiger partial charge in [-0.25, -0.2) is 16.8 Å². The summed E-state index contributed by atoms with van der Waals surface area (Å²) in [6, 6.07) is 12.6. The Morgan fingerprint density at radius 2 is 1.66 bits per heavy atom. The van der Waals surface area contributed by atoms with Gasteiger partial charge in [0.2, 0.25) is 10.0 Å². The van der Waals surface area contributed by atoms with Gasteiger partial charge in [-0.3, -0.25) is 4.79 Å². The average molecular weight is 503 g/mol. The number of hydrogen-bond acceptors (Lipinski definition) is 9. The Hall–Kier alpha value is -3.18. The van der Waals surface area contributed by atoms with E-state index < -0.39 is 31.6 Å². The number of carbonyl (C=O) groups is 1. The second-order valence-corrected chi connectivity index (χ2v) is 10.0. The molecule has 4 N–H and O–H groups in total. The molecule has 0 amide bonds. The third kappa shape index (κ3) is 8.52. The molecule has 0 bridgehead atoms. The average Bonchev–Trinajstić information content (AvgIpc) is 2.77. The number of nitrogens with one attached hydrogen (secondary N) is 1. The van der Waals surface area contributed by atoms with Crippen molar-refractivity contribution in [1.29, 1.82) is 5.26 Å². The molecule has 0 aliphatic rings. The lowest BCUT2D eigenvalue weighted by Gasteiger charge is -2.07. The van der Waals surface area contributed by atoms with Gasteiger partial charge >= 0.3 is 5.97 Å². The molecule has 0 fully saturated rings. The van der Waals surface area contributed by atoms with E-state index in [0.717, 1.165) is 0 Å². The molecule has 0 radical (unpaired) electrons. The molecule has 2 rings (SSSR count). The van der Waals surface area contributed by atoms with Crippen molar-refractivity contribution in [3.05, 3.63) is 59.7 Å². The lowest BCUT2D eigenvalue weighted by atomic mass is 10.2. The molecule has 11 nitrogen and oxygen atoms in total. The summed E-state index contributed by atoms with van der Waals surface area (Å²) in [5.74, 6) is -0.794. The molecule has 172 valence electrons. The van der Waals surface area contributed by atoms with Crippen LogP contribution >= 0.6 is 10.7 Å². The van der Waals surface area contributed by atoms with Crippen LogP contribution < -0.4 is 10.5 Å². The van der Waals surface area contributed by atoms with Crippen molar-refractivity contribution in [3.8, 4) is 6.07 Å². The molecular formula is C18H19ClN4O7S2. The van der Waals surface area contributed by atoms with Gasteiger partial charge in [-0.2, -0.15) is 9.98 Å². The maximum atomic E-state index is 11.9. The Labute approximate surface area is 189 Å². The summed E-state index contributed by atoms with van der Waals surface area (Å²) in [7, 11) is -2.44. The normalized spacial score (nSPS) is 11.6. The minimum atomic E-state index is -3.82. The lowest BCUT2D eigenvalue weighted by molar-refractivity contribution is -0.141. The highest BCUT2D eigenvalue weighted by Crippen LogP contribution is 2.14. The third-order valence-electron chi connectivity index (χ3n) is 3.54. The van der Waals surface area contributed by atoms with Crippen LogP contribution in [0.4, 0.5) is 0 Å². The number of hydrogen-bond donors (Lipinski definition) is 3. The number of rotatable bonds is 7. The summed E-state index contributed by atoms with van der Waals surface area (Å²) in [6.07, 6.45) is 0. The first kappa shape index (κ1) is 26.9. The lowest BCUT2D eigenvalue weighted by Crippen LogP contribution is -2.30. The Morgan fingerprint density at radius 1 is 1.12 bits per heavy atom. The molecular weight excluding hydrogens is 484 g/mol. The SMILES string of the molecule is CCOC(=O)CNS(=O)(=O)c1ccc(C(N)=NO)cc1.N#Cc1ccc(S(=O)(=O)Cl)cc1. The fourth-order valence-corrected chi connectivity index (χ4v) is 3.74. The first-order valence-electron chi connectivity index (χ1n) is 8.62. The van der Waals surface area contributed by atoms with Gasteiger partial charge in [-0.1, -0.05) is 5.16 Å². The van der Waals surface area contributed by atoms with Gasteiger partial charge in [-0.05, 0) is 55.5 Å². The highest BCUT2D eigenvalue weighted by atomic mass is 35.7. The van der Waals surface area contributed by atoms with Crippen molar-refractivity contribution < 1.29 is 31.6 Å². The van der Waals surface area contributed by atoms with E-state index >= 15 is 0 Å². The van der Waals surface area contributed by atoms with E-state index in [9.17, 15) is 21.6 Å². The number of esters is 1. The number of benzene rings is 2. The molecule has 14 heteroatoms. The van der Waals surface area contributed by atoms with Gasteiger partial charge in [0.15, 0.2) is 5.84 Å². The Morgan fingerprint density at radius 3 is 2.09 bits per heavy atom. The Bertz CT molecular complexity index is 1210. The Kier molecular flexibility index (Phi) is 10.1. The molecule has 0 unspecified atom stereocenters. The van der Waals surface area contributed by atoms with Crippen LogP contribution in [0.1, 0.15) is 18.1 Å². The first-order valence-corrected chi connectivity index (χ1v) is 12.4. The third-order valence-corrected chi connectivity index (χ3v) is 6.33. The van der Waals surface area contributed by atoms with Gasteiger partial charge in [0, 0.05) is 16.2 Å². The highest BCUT2D eigenvalue weighted by molar-refractivity contribution is 8.13. The minimum absolute atomic E-state index is 0.00293. The smallest absolute Gasteiger partial charge is 0.321 e. The van der Waals surface area contributed by atoms with Crippen LogP contribution in [0.15, 0.2) is 63.5 Å². The second-order valence-electron chi connectivity index (χ2n) is 5.71. The van der Waals surface area contributed by atoms with Crippen LogP contribution in [0, 0.1) is 11.3 Å². The number of sulfonamides is 1. The number of carbonyl (C=O) groups excluding carboxylic acids is 1. The summed E-state index contributed by atoms with van der Waals surface area (Å²) >= 11 is 0. The molecule has 0 saturated carbocycles. The number of amidine groups is 1. The van der Waals surface area contributed by atoms with Gasteiger partial charge in [-0.15, -0.1) is 0 Å². The minimum Gasteiger partial charge on any atom is -0.465 e. The first-order chi connectivity index (χ1) is 14.9. The molecule has 32 heavy (non-hydrogen) atoms. The summed E-state index contributed by atoms with van der Waals surface area (Å²) in [4.78, 5) is 11.1. The largest absolute Gasteiger partial charge is 0.465 e. The molecule has 0 spiro atoms. The van der Waals surface area contributed by atoms with Crippen LogP contribution in [0.3, 0.4) is 0 Å². The van der Waals surface area contributed by atoms with Crippen molar-refractivity contribution in [3.63, 3.8) is 0 Å². The van der Waals surface area contributed by atoms with Crippen molar-refractivity contribution in [2.24, 2.45) is 10.9 Å². The van der Waals surface area contributed by atoms with Gasteiger partial charge < -0.3 is 15.7 Å². The Balaban J connectivity index is 0.000000363. The van der Waals surface area contributed by atoms with Gasteiger partial charge in [0.25, 0.3) is 9.05 Å². The van der Waals surface area contributed by atoms with Crippen molar-refractivity contribution in [1.82, 2.24) is 4.72 Å². The number of nitriles is 1. The maximum Gasteiger partial charge on any atom is 0.321 e. The summed E-state index contributed by atoms with van der Waals surface area (Å²) in [6.45, 7) is 1.35. The fourth-order valence-electron chi connectivity index (χ4n) is 2.00. The maximum absolute atomic E-state index is 11.9. The van der Waals surface area contributed by atoms with Crippen LogP contribution in [-0.2, 0) is 28.6 Å². The van der Waals surface area contributed by atoms with E-state index in [1.807, 2.05) is 6.07 Å². The van der Waals surface area contributed by atoms with Gasteiger partial charge in [0.1, 0.15) is 6.54 Å².